The second-order valence-electron chi connectivity index (χ2n) is 7.51. The molecule has 1 fully saturated rings. The number of nitrogens with zero attached hydrogens (tertiary/aromatic N) is 3. The van der Waals surface area contributed by atoms with Crippen LogP contribution in [-0.2, 0) is 13.1 Å². The Morgan fingerprint density at radius 3 is 2.44 bits per heavy atom. The van der Waals surface area contributed by atoms with Crippen LogP contribution in [0, 0.1) is 13.8 Å². The molecule has 0 saturated carbocycles. The standard InChI is InChI=1S/C22H26N4O/c1-16-7-8-17(2)18(13-16)14-25-9-11-26(12-10-25)15-21-23-20-6-4-3-5-19(20)22(27)24-21/h3-8,13H,9-12,14-15H2,1-2H3,(H,23,24,27). The van der Waals surface area contributed by atoms with Gasteiger partial charge in [0.15, 0.2) is 0 Å². The van der Waals surface area contributed by atoms with Crippen LogP contribution in [0.25, 0.3) is 10.9 Å². The molecule has 4 rings (SSSR count). The second kappa shape index (κ2) is 7.62. The summed E-state index contributed by atoms with van der Waals surface area (Å²) in [5, 5.41) is 0.652. The summed E-state index contributed by atoms with van der Waals surface area (Å²) in [4.78, 5) is 24.7. The number of hydrogen-bond donors (Lipinski definition) is 1. The zero-order valence-corrected chi connectivity index (χ0v) is 16.0. The summed E-state index contributed by atoms with van der Waals surface area (Å²) < 4.78 is 0. The van der Waals surface area contributed by atoms with Crippen LogP contribution in [0.2, 0.25) is 0 Å². The van der Waals surface area contributed by atoms with Crippen LogP contribution >= 0.6 is 0 Å². The molecule has 5 heteroatoms. The molecule has 140 valence electrons. The van der Waals surface area contributed by atoms with Gasteiger partial charge in [-0.2, -0.15) is 0 Å². The highest BCUT2D eigenvalue weighted by atomic mass is 16.1. The van der Waals surface area contributed by atoms with E-state index in [9.17, 15) is 4.79 Å². The number of H-pyrrole nitrogens is 1. The fourth-order valence-corrected chi connectivity index (χ4v) is 3.74. The van der Waals surface area contributed by atoms with Crippen molar-refractivity contribution in [3.8, 4) is 0 Å². The minimum Gasteiger partial charge on any atom is -0.309 e. The third kappa shape index (κ3) is 4.10. The molecule has 0 spiro atoms. The molecule has 1 saturated heterocycles. The van der Waals surface area contributed by atoms with Crippen LogP contribution in [0.3, 0.4) is 0 Å². The normalized spacial score (nSPS) is 16.1. The highest BCUT2D eigenvalue weighted by Gasteiger charge is 2.18. The molecule has 3 aromatic rings. The molecule has 0 amide bonds. The first-order valence-electron chi connectivity index (χ1n) is 9.57. The number of aromatic amines is 1. The summed E-state index contributed by atoms with van der Waals surface area (Å²) in [6, 6.07) is 14.2. The lowest BCUT2D eigenvalue weighted by atomic mass is 10.0. The van der Waals surface area contributed by atoms with Crippen molar-refractivity contribution in [2.75, 3.05) is 26.2 Å². The summed E-state index contributed by atoms with van der Waals surface area (Å²) in [7, 11) is 0. The Morgan fingerprint density at radius 2 is 1.67 bits per heavy atom. The van der Waals surface area contributed by atoms with Crippen LogP contribution < -0.4 is 5.56 Å². The molecule has 0 radical (unpaired) electrons. The minimum atomic E-state index is -0.0517. The number of benzene rings is 2. The largest absolute Gasteiger partial charge is 0.309 e. The van der Waals surface area contributed by atoms with Crippen molar-refractivity contribution in [1.29, 1.82) is 0 Å². The molecule has 0 atom stereocenters. The predicted octanol–water partition coefficient (Wildman–Crippen LogP) is 2.86. The lowest BCUT2D eigenvalue weighted by molar-refractivity contribution is 0.120. The summed E-state index contributed by atoms with van der Waals surface area (Å²) in [6.45, 7) is 10.1. The van der Waals surface area contributed by atoms with E-state index in [0.717, 1.165) is 44.1 Å². The van der Waals surface area contributed by atoms with E-state index in [1.165, 1.54) is 16.7 Å². The Balaban J connectivity index is 1.38. The number of rotatable bonds is 4. The zero-order chi connectivity index (χ0) is 18.8. The molecule has 2 heterocycles. The summed E-state index contributed by atoms with van der Waals surface area (Å²) in [5.41, 5.74) is 4.82. The topological polar surface area (TPSA) is 52.2 Å². The maximum Gasteiger partial charge on any atom is 0.258 e. The average Bonchev–Trinajstić information content (AvgIpc) is 2.66. The van der Waals surface area contributed by atoms with Crippen LogP contribution in [0.4, 0.5) is 0 Å². The van der Waals surface area contributed by atoms with Crippen molar-refractivity contribution in [3.05, 3.63) is 75.3 Å². The SMILES string of the molecule is Cc1ccc(C)c(CN2CCN(Cc3nc4ccccc4c(=O)[nH]3)CC2)c1. The molecule has 0 bridgehead atoms. The van der Waals surface area contributed by atoms with Gasteiger partial charge in [0, 0.05) is 32.7 Å². The Bertz CT molecular complexity index is 1000. The van der Waals surface area contributed by atoms with Crippen LogP contribution in [0.5, 0.6) is 0 Å². The second-order valence-corrected chi connectivity index (χ2v) is 7.51. The third-order valence-corrected chi connectivity index (χ3v) is 5.40. The van der Waals surface area contributed by atoms with Crippen molar-refractivity contribution in [3.63, 3.8) is 0 Å². The lowest BCUT2D eigenvalue weighted by Crippen LogP contribution is -2.45. The number of piperazine rings is 1. The molecule has 1 aliphatic heterocycles. The first kappa shape index (κ1) is 17.9. The van der Waals surface area contributed by atoms with Gasteiger partial charge in [0.1, 0.15) is 5.82 Å². The molecule has 1 aromatic heterocycles. The van der Waals surface area contributed by atoms with Crippen LogP contribution in [-0.4, -0.2) is 45.9 Å². The first-order chi connectivity index (χ1) is 13.1. The van der Waals surface area contributed by atoms with Crippen LogP contribution in [0.15, 0.2) is 47.3 Å². The van der Waals surface area contributed by atoms with E-state index < -0.39 is 0 Å². The van der Waals surface area contributed by atoms with Gasteiger partial charge in [-0.1, -0.05) is 35.9 Å². The quantitative estimate of drug-likeness (QED) is 0.775. The fourth-order valence-electron chi connectivity index (χ4n) is 3.74. The number of aryl methyl sites for hydroxylation is 2. The minimum absolute atomic E-state index is 0.0517. The van der Waals surface area contributed by atoms with Gasteiger partial charge in [0.05, 0.1) is 17.4 Å². The highest BCUT2D eigenvalue weighted by molar-refractivity contribution is 5.77. The molecule has 0 aliphatic carbocycles. The Kier molecular flexibility index (Phi) is 5.05. The van der Waals surface area contributed by atoms with Crippen molar-refractivity contribution < 1.29 is 0 Å². The van der Waals surface area contributed by atoms with Crippen molar-refractivity contribution in [2.24, 2.45) is 0 Å². The number of hydrogen-bond acceptors (Lipinski definition) is 4. The van der Waals surface area contributed by atoms with E-state index in [4.69, 9.17) is 0 Å². The van der Waals surface area contributed by atoms with Gasteiger partial charge < -0.3 is 4.98 Å². The zero-order valence-electron chi connectivity index (χ0n) is 16.0. The van der Waals surface area contributed by atoms with Gasteiger partial charge in [-0.3, -0.25) is 14.6 Å². The van der Waals surface area contributed by atoms with Gasteiger partial charge in [0.25, 0.3) is 5.56 Å². The van der Waals surface area contributed by atoms with Gasteiger partial charge in [-0.25, -0.2) is 4.98 Å². The van der Waals surface area contributed by atoms with Gasteiger partial charge in [-0.05, 0) is 37.1 Å². The number of aromatic nitrogens is 2. The van der Waals surface area contributed by atoms with E-state index in [0.29, 0.717) is 11.9 Å². The van der Waals surface area contributed by atoms with E-state index in [1.807, 2.05) is 24.3 Å². The number of fused-ring (bicyclic) bond motifs is 1. The number of para-hydroxylation sites is 1. The van der Waals surface area contributed by atoms with E-state index in [1.54, 1.807) is 0 Å². The Labute approximate surface area is 159 Å². The third-order valence-electron chi connectivity index (χ3n) is 5.40. The summed E-state index contributed by atoms with van der Waals surface area (Å²) in [6.07, 6.45) is 0. The maximum absolute atomic E-state index is 12.2. The lowest BCUT2D eigenvalue weighted by Gasteiger charge is -2.34. The van der Waals surface area contributed by atoms with Gasteiger partial charge >= 0.3 is 0 Å². The number of nitrogens with one attached hydrogen (secondary N) is 1. The van der Waals surface area contributed by atoms with Crippen LogP contribution in [0.1, 0.15) is 22.5 Å². The Hall–Kier alpha value is -2.50. The smallest absolute Gasteiger partial charge is 0.258 e. The fraction of sp³-hybridized carbons (Fsp3) is 0.364. The van der Waals surface area contributed by atoms with Crippen molar-refractivity contribution >= 4 is 10.9 Å². The maximum atomic E-state index is 12.2. The van der Waals surface area contributed by atoms with Crippen molar-refractivity contribution in [1.82, 2.24) is 19.8 Å². The molecule has 5 nitrogen and oxygen atoms in total. The van der Waals surface area contributed by atoms with E-state index >= 15 is 0 Å². The monoisotopic (exact) mass is 362 g/mol. The molecule has 0 unspecified atom stereocenters. The molecule has 1 N–H and O–H groups in total. The Morgan fingerprint density at radius 1 is 0.963 bits per heavy atom. The molecular formula is C22H26N4O. The van der Waals surface area contributed by atoms with Crippen molar-refractivity contribution in [2.45, 2.75) is 26.9 Å². The molecule has 1 aliphatic rings. The predicted molar refractivity (Wildman–Crippen MR) is 109 cm³/mol. The van der Waals surface area contributed by atoms with E-state index in [-0.39, 0.29) is 5.56 Å². The molecule has 2 aromatic carbocycles. The first-order valence-corrected chi connectivity index (χ1v) is 9.57. The van der Waals surface area contributed by atoms with E-state index in [2.05, 4.69) is 51.8 Å². The highest BCUT2D eigenvalue weighted by Crippen LogP contribution is 2.15. The van der Waals surface area contributed by atoms with Gasteiger partial charge in [-0.15, -0.1) is 0 Å². The molecule has 27 heavy (non-hydrogen) atoms. The molecular weight excluding hydrogens is 336 g/mol. The summed E-state index contributed by atoms with van der Waals surface area (Å²) >= 11 is 0. The average molecular weight is 362 g/mol. The summed E-state index contributed by atoms with van der Waals surface area (Å²) in [5.74, 6) is 0.752. The van der Waals surface area contributed by atoms with Gasteiger partial charge in [0.2, 0.25) is 0 Å².